The van der Waals surface area contributed by atoms with E-state index >= 15 is 0 Å². The zero-order valence-electron chi connectivity index (χ0n) is 11.0. The Hall–Kier alpha value is -3.16. The predicted molar refractivity (Wildman–Crippen MR) is 75.4 cm³/mol. The van der Waals surface area contributed by atoms with Gasteiger partial charge in [-0.1, -0.05) is 6.07 Å². The Morgan fingerprint density at radius 1 is 1.05 bits per heavy atom. The molecule has 2 N–H and O–H groups in total. The van der Waals surface area contributed by atoms with Crippen molar-refractivity contribution in [2.24, 2.45) is 0 Å². The Labute approximate surface area is 119 Å². The van der Waals surface area contributed by atoms with Crippen molar-refractivity contribution >= 4 is 17.1 Å². The molecule has 0 aliphatic rings. The zero-order chi connectivity index (χ0) is 15.6. The van der Waals surface area contributed by atoms with Crippen LogP contribution in [0.15, 0.2) is 36.4 Å². The first-order valence-corrected chi connectivity index (χ1v) is 5.84. The maximum absolute atomic E-state index is 11.0. The van der Waals surface area contributed by atoms with Gasteiger partial charge in [0.1, 0.15) is 5.75 Å². The summed E-state index contributed by atoms with van der Waals surface area (Å²) < 4.78 is 5.40. The number of nitrogens with two attached hydrogens (primary N) is 1. The smallest absolute Gasteiger partial charge is 0.311 e. The summed E-state index contributed by atoms with van der Waals surface area (Å²) >= 11 is 0. The summed E-state index contributed by atoms with van der Waals surface area (Å²) in [4.78, 5) is 20.5. The molecule has 21 heavy (non-hydrogen) atoms. The van der Waals surface area contributed by atoms with E-state index in [-0.39, 0.29) is 28.6 Å². The van der Waals surface area contributed by atoms with Gasteiger partial charge in [-0.3, -0.25) is 20.2 Å². The average molecular weight is 289 g/mol. The van der Waals surface area contributed by atoms with Crippen molar-refractivity contribution in [3.63, 3.8) is 0 Å². The molecule has 0 atom stereocenters. The van der Waals surface area contributed by atoms with Gasteiger partial charge in [0.15, 0.2) is 0 Å². The standard InChI is InChI=1S/C13H11N3O5/c1-8-2-3-12(16(19)20)13(4-8)21-11-6-9(14)5-10(7-11)15(17)18/h2-7H,14H2,1H3. The first-order valence-electron chi connectivity index (χ1n) is 5.84. The second-order valence-corrected chi connectivity index (χ2v) is 4.35. The number of benzene rings is 2. The molecule has 0 saturated carbocycles. The van der Waals surface area contributed by atoms with Crippen molar-refractivity contribution in [3.05, 3.63) is 62.2 Å². The minimum atomic E-state index is -0.617. The third-order valence-electron chi connectivity index (χ3n) is 2.66. The molecule has 0 fully saturated rings. The Bertz CT molecular complexity index is 730. The number of nitro benzene ring substituents is 2. The number of nitro groups is 2. The van der Waals surface area contributed by atoms with Crippen LogP contribution in [0.5, 0.6) is 11.5 Å². The number of aryl methyl sites for hydroxylation is 1. The van der Waals surface area contributed by atoms with Crippen molar-refractivity contribution in [2.75, 3.05) is 5.73 Å². The van der Waals surface area contributed by atoms with Crippen LogP contribution < -0.4 is 10.5 Å². The molecule has 0 aliphatic carbocycles. The number of nitrogens with zero attached hydrogens (tertiary/aromatic N) is 2. The lowest BCUT2D eigenvalue weighted by Gasteiger charge is -2.08. The number of nitrogen functional groups attached to an aromatic ring is 1. The maximum atomic E-state index is 11.0. The molecule has 2 rings (SSSR count). The molecule has 0 bridgehead atoms. The third kappa shape index (κ3) is 3.24. The molecule has 2 aromatic rings. The van der Waals surface area contributed by atoms with E-state index in [0.29, 0.717) is 0 Å². The lowest BCUT2D eigenvalue weighted by atomic mass is 10.2. The van der Waals surface area contributed by atoms with Crippen LogP contribution in [0.2, 0.25) is 0 Å². The van der Waals surface area contributed by atoms with Gasteiger partial charge in [-0.2, -0.15) is 0 Å². The minimum absolute atomic E-state index is 0.0000945. The number of hydrogen-bond donors (Lipinski definition) is 1. The number of anilines is 1. The van der Waals surface area contributed by atoms with Gasteiger partial charge in [0.25, 0.3) is 5.69 Å². The number of hydrogen-bond acceptors (Lipinski definition) is 6. The molecule has 0 saturated heterocycles. The number of ether oxygens (including phenoxy) is 1. The molecule has 0 spiro atoms. The Balaban J connectivity index is 2.45. The van der Waals surface area contributed by atoms with Crippen LogP contribution in [-0.2, 0) is 0 Å². The van der Waals surface area contributed by atoms with Crippen molar-refractivity contribution in [3.8, 4) is 11.5 Å². The molecule has 0 aromatic heterocycles. The molecule has 0 radical (unpaired) electrons. The maximum Gasteiger partial charge on any atom is 0.311 e. The topological polar surface area (TPSA) is 122 Å². The van der Waals surface area contributed by atoms with Crippen LogP contribution in [-0.4, -0.2) is 9.85 Å². The largest absolute Gasteiger partial charge is 0.450 e. The van der Waals surface area contributed by atoms with Gasteiger partial charge in [-0.05, 0) is 18.6 Å². The quantitative estimate of drug-likeness (QED) is 0.524. The molecule has 108 valence electrons. The molecular formula is C13H11N3O5. The van der Waals surface area contributed by atoms with E-state index < -0.39 is 9.85 Å². The first kappa shape index (κ1) is 14.3. The van der Waals surface area contributed by atoms with Crippen LogP contribution in [0.3, 0.4) is 0 Å². The van der Waals surface area contributed by atoms with Crippen LogP contribution in [0.1, 0.15) is 5.56 Å². The highest BCUT2D eigenvalue weighted by molar-refractivity contribution is 5.56. The van der Waals surface area contributed by atoms with Gasteiger partial charge < -0.3 is 10.5 Å². The summed E-state index contributed by atoms with van der Waals surface area (Å²) in [5, 5.41) is 21.7. The second kappa shape index (κ2) is 5.45. The SMILES string of the molecule is Cc1ccc([N+](=O)[O-])c(Oc2cc(N)cc([N+](=O)[O-])c2)c1. The van der Waals surface area contributed by atoms with Gasteiger partial charge in [-0.15, -0.1) is 0 Å². The summed E-state index contributed by atoms with van der Waals surface area (Å²) in [5.74, 6) is 0.0651. The second-order valence-electron chi connectivity index (χ2n) is 4.35. The fraction of sp³-hybridized carbons (Fsp3) is 0.0769. The van der Waals surface area contributed by atoms with Gasteiger partial charge in [0.2, 0.25) is 5.75 Å². The van der Waals surface area contributed by atoms with Crippen LogP contribution in [0.25, 0.3) is 0 Å². The Morgan fingerprint density at radius 2 is 1.76 bits per heavy atom. The van der Waals surface area contributed by atoms with Gasteiger partial charge in [-0.25, -0.2) is 0 Å². The Morgan fingerprint density at radius 3 is 2.38 bits per heavy atom. The number of rotatable bonds is 4. The highest BCUT2D eigenvalue weighted by Crippen LogP contribution is 2.34. The summed E-state index contributed by atoms with van der Waals surface area (Å²) in [5.41, 5.74) is 5.97. The molecule has 2 aromatic carbocycles. The van der Waals surface area contributed by atoms with Crippen molar-refractivity contribution in [2.45, 2.75) is 6.92 Å². The molecule has 0 aliphatic heterocycles. The molecule has 0 heterocycles. The monoisotopic (exact) mass is 289 g/mol. The lowest BCUT2D eigenvalue weighted by Crippen LogP contribution is -1.96. The van der Waals surface area contributed by atoms with E-state index in [1.165, 1.54) is 24.3 Å². The van der Waals surface area contributed by atoms with E-state index in [9.17, 15) is 20.2 Å². The molecule has 8 heteroatoms. The summed E-state index contributed by atoms with van der Waals surface area (Å²) in [6.45, 7) is 1.75. The minimum Gasteiger partial charge on any atom is -0.450 e. The van der Waals surface area contributed by atoms with Crippen LogP contribution in [0, 0.1) is 27.2 Å². The van der Waals surface area contributed by atoms with Crippen LogP contribution in [0.4, 0.5) is 17.1 Å². The van der Waals surface area contributed by atoms with Crippen LogP contribution >= 0.6 is 0 Å². The van der Waals surface area contributed by atoms with Gasteiger partial charge >= 0.3 is 5.69 Å². The molecular weight excluding hydrogens is 278 g/mol. The van der Waals surface area contributed by atoms with E-state index in [4.69, 9.17) is 10.5 Å². The first-order chi connectivity index (χ1) is 9.86. The normalized spacial score (nSPS) is 10.1. The van der Waals surface area contributed by atoms with E-state index in [1.54, 1.807) is 13.0 Å². The third-order valence-corrected chi connectivity index (χ3v) is 2.66. The van der Waals surface area contributed by atoms with Crippen molar-refractivity contribution < 1.29 is 14.6 Å². The lowest BCUT2D eigenvalue weighted by molar-refractivity contribution is -0.386. The number of non-ortho nitro benzene ring substituents is 1. The molecule has 0 unspecified atom stereocenters. The van der Waals surface area contributed by atoms with Crippen molar-refractivity contribution in [1.82, 2.24) is 0 Å². The molecule has 8 nitrogen and oxygen atoms in total. The summed E-state index contributed by atoms with van der Waals surface area (Å²) in [6, 6.07) is 8.06. The highest BCUT2D eigenvalue weighted by atomic mass is 16.6. The average Bonchev–Trinajstić information content (AvgIpc) is 2.37. The fourth-order valence-corrected chi connectivity index (χ4v) is 1.75. The van der Waals surface area contributed by atoms with E-state index in [0.717, 1.165) is 11.6 Å². The Kier molecular flexibility index (Phi) is 3.70. The van der Waals surface area contributed by atoms with Gasteiger partial charge in [0.05, 0.1) is 15.9 Å². The highest BCUT2D eigenvalue weighted by Gasteiger charge is 2.17. The zero-order valence-corrected chi connectivity index (χ0v) is 11.0. The predicted octanol–water partition coefficient (Wildman–Crippen LogP) is 3.19. The summed E-state index contributed by atoms with van der Waals surface area (Å²) in [6.07, 6.45) is 0. The van der Waals surface area contributed by atoms with Gasteiger partial charge in [0, 0.05) is 23.9 Å². The fourth-order valence-electron chi connectivity index (χ4n) is 1.75. The van der Waals surface area contributed by atoms with E-state index in [1.807, 2.05) is 0 Å². The summed E-state index contributed by atoms with van der Waals surface area (Å²) in [7, 11) is 0. The van der Waals surface area contributed by atoms with E-state index in [2.05, 4.69) is 0 Å². The van der Waals surface area contributed by atoms with Crippen molar-refractivity contribution in [1.29, 1.82) is 0 Å². The molecule has 0 amide bonds.